The summed E-state index contributed by atoms with van der Waals surface area (Å²) in [5.74, 6) is -2.05. The molecule has 0 aliphatic carbocycles. The van der Waals surface area contributed by atoms with Crippen LogP contribution in [0.3, 0.4) is 0 Å². The predicted molar refractivity (Wildman–Crippen MR) is 70.0 cm³/mol. The van der Waals surface area contributed by atoms with E-state index in [-0.39, 0.29) is 12.3 Å². The zero-order chi connectivity index (χ0) is 13.0. The van der Waals surface area contributed by atoms with Gasteiger partial charge in [-0.3, -0.25) is 0 Å². The zero-order valence-electron chi connectivity index (χ0n) is 11.4. The van der Waals surface area contributed by atoms with Crippen LogP contribution in [0.2, 0.25) is 0 Å². The van der Waals surface area contributed by atoms with E-state index in [0.29, 0.717) is 12.8 Å². The van der Waals surface area contributed by atoms with Gasteiger partial charge in [0.25, 0.3) is 5.92 Å². The monoisotopic (exact) mass is 260 g/mol. The van der Waals surface area contributed by atoms with Crippen LogP contribution in [0.4, 0.5) is 8.78 Å². The van der Waals surface area contributed by atoms with Crippen molar-refractivity contribution in [3.8, 4) is 0 Å². The number of hydrogen-bond acceptors (Lipinski definition) is 2. The minimum absolute atomic E-state index is 0.00798. The Labute approximate surface area is 109 Å². The summed E-state index contributed by atoms with van der Waals surface area (Å²) >= 11 is 0. The molecule has 2 saturated heterocycles. The van der Waals surface area contributed by atoms with Crippen LogP contribution in [0.1, 0.15) is 39.0 Å². The summed E-state index contributed by atoms with van der Waals surface area (Å²) in [6.45, 7) is 6.69. The largest absolute Gasteiger partial charge is 0.317 e. The lowest BCUT2D eigenvalue weighted by atomic mass is 9.88. The van der Waals surface area contributed by atoms with Crippen molar-refractivity contribution in [1.82, 2.24) is 10.2 Å². The Bertz CT molecular complexity index is 244. The molecule has 0 atom stereocenters. The molecular weight excluding hydrogens is 234 g/mol. The van der Waals surface area contributed by atoms with Crippen molar-refractivity contribution in [2.45, 2.75) is 45.0 Å². The van der Waals surface area contributed by atoms with E-state index in [4.69, 9.17) is 0 Å². The maximum Gasteiger partial charge on any atom is 0.250 e. The fraction of sp³-hybridized carbons (Fsp3) is 1.00. The van der Waals surface area contributed by atoms with Crippen molar-refractivity contribution in [1.29, 1.82) is 0 Å². The number of likely N-dealkylation sites (tertiary alicyclic amines) is 1. The number of nitrogens with one attached hydrogen (secondary N) is 1. The topological polar surface area (TPSA) is 15.3 Å². The van der Waals surface area contributed by atoms with Crippen LogP contribution in [-0.2, 0) is 0 Å². The summed E-state index contributed by atoms with van der Waals surface area (Å²) in [6, 6.07) is 0. The maximum atomic E-state index is 13.6. The van der Waals surface area contributed by atoms with Gasteiger partial charge in [-0.2, -0.15) is 0 Å². The number of rotatable bonds is 4. The summed E-state index contributed by atoms with van der Waals surface area (Å²) < 4.78 is 27.2. The van der Waals surface area contributed by atoms with Crippen LogP contribution < -0.4 is 5.32 Å². The van der Waals surface area contributed by atoms with Gasteiger partial charge in [0.2, 0.25) is 0 Å². The molecule has 4 heteroatoms. The van der Waals surface area contributed by atoms with Gasteiger partial charge in [-0.15, -0.1) is 0 Å². The summed E-state index contributed by atoms with van der Waals surface area (Å²) in [4.78, 5) is 2.40. The number of halogens is 2. The quantitative estimate of drug-likeness (QED) is 0.836. The van der Waals surface area contributed by atoms with Gasteiger partial charge in [-0.05, 0) is 57.8 Å². The molecule has 2 nitrogen and oxygen atoms in total. The van der Waals surface area contributed by atoms with Crippen LogP contribution >= 0.6 is 0 Å². The molecule has 0 amide bonds. The van der Waals surface area contributed by atoms with E-state index in [2.05, 4.69) is 10.2 Å². The van der Waals surface area contributed by atoms with Gasteiger partial charge < -0.3 is 10.2 Å². The molecule has 0 aromatic carbocycles. The lowest BCUT2D eigenvalue weighted by molar-refractivity contribution is -0.0820. The van der Waals surface area contributed by atoms with E-state index in [1.165, 1.54) is 12.8 Å². The third-order valence-corrected chi connectivity index (χ3v) is 4.63. The first-order chi connectivity index (χ1) is 8.62. The molecule has 2 fully saturated rings. The number of nitrogens with zero attached hydrogens (tertiary/aromatic N) is 1. The second kappa shape index (κ2) is 6.29. The Morgan fingerprint density at radius 2 is 1.72 bits per heavy atom. The van der Waals surface area contributed by atoms with Crippen LogP contribution in [0, 0.1) is 11.8 Å². The second-order valence-electron chi connectivity index (χ2n) is 5.88. The normalized spacial score (nSPS) is 25.5. The molecule has 0 bridgehead atoms. The average molecular weight is 260 g/mol. The third kappa shape index (κ3) is 3.64. The smallest absolute Gasteiger partial charge is 0.250 e. The molecule has 0 saturated carbocycles. The summed E-state index contributed by atoms with van der Waals surface area (Å²) in [6.07, 6.45) is 3.82. The van der Waals surface area contributed by atoms with Crippen LogP contribution in [0.15, 0.2) is 0 Å². The molecule has 2 heterocycles. The SMILES string of the molecule is CCC(F)(F)C1CCN(CC2CCNCC2)CC1. The number of piperidine rings is 2. The van der Waals surface area contributed by atoms with Gasteiger partial charge in [0.15, 0.2) is 0 Å². The first kappa shape index (κ1) is 14.2. The first-order valence-electron chi connectivity index (χ1n) is 7.42. The molecule has 0 radical (unpaired) electrons. The van der Waals surface area contributed by atoms with Crippen molar-refractivity contribution in [2.24, 2.45) is 11.8 Å². The molecule has 18 heavy (non-hydrogen) atoms. The van der Waals surface area contributed by atoms with Gasteiger partial charge in [-0.1, -0.05) is 6.92 Å². The van der Waals surface area contributed by atoms with Crippen LogP contribution in [0.5, 0.6) is 0 Å². The molecule has 0 unspecified atom stereocenters. The highest BCUT2D eigenvalue weighted by atomic mass is 19.3. The van der Waals surface area contributed by atoms with Crippen LogP contribution in [0.25, 0.3) is 0 Å². The Hall–Kier alpha value is -0.220. The highest BCUT2D eigenvalue weighted by Gasteiger charge is 2.39. The number of alkyl halides is 2. The Morgan fingerprint density at radius 1 is 1.11 bits per heavy atom. The van der Waals surface area contributed by atoms with E-state index in [1.807, 2.05) is 0 Å². The molecule has 1 N–H and O–H groups in total. The fourth-order valence-electron chi connectivity index (χ4n) is 3.26. The van der Waals surface area contributed by atoms with Crippen molar-refractivity contribution in [3.63, 3.8) is 0 Å². The minimum atomic E-state index is -2.44. The Kier molecular flexibility index (Phi) is 4.96. The van der Waals surface area contributed by atoms with Gasteiger partial charge in [0.1, 0.15) is 0 Å². The fourth-order valence-corrected chi connectivity index (χ4v) is 3.26. The van der Waals surface area contributed by atoms with Crippen molar-refractivity contribution >= 4 is 0 Å². The van der Waals surface area contributed by atoms with E-state index >= 15 is 0 Å². The Balaban J connectivity index is 1.73. The molecule has 2 aliphatic heterocycles. The summed E-state index contributed by atoms with van der Waals surface area (Å²) in [7, 11) is 0. The first-order valence-corrected chi connectivity index (χ1v) is 7.42. The number of hydrogen-bond donors (Lipinski definition) is 1. The highest BCUT2D eigenvalue weighted by Crippen LogP contribution is 2.35. The molecule has 2 aliphatic rings. The van der Waals surface area contributed by atoms with E-state index < -0.39 is 5.92 Å². The maximum absolute atomic E-state index is 13.6. The Morgan fingerprint density at radius 3 is 2.28 bits per heavy atom. The van der Waals surface area contributed by atoms with Gasteiger partial charge in [0.05, 0.1) is 0 Å². The van der Waals surface area contributed by atoms with E-state index in [1.54, 1.807) is 6.92 Å². The molecule has 0 aromatic heterocycles. The molecule has 0 aromatic rings. The molecule has 106 valence electrons. The van der Waals surface area contributed by atoms with Gasteiger partial charge in [-0.25, -0.2) is 8.78 Å². The van der Waals surface area contributed by atoms with E-state index in [0.717, 1.165) is 38.6 Å². The van der Waals surface area contributed by atoms with Crippen molar-refractivity contribution in [3.05, 3.63) is 0 Å². The average Bonchev–Trinajstić information content (AvgIpc) is 2.40. The second-order valence-corrected chi connectivity index (χ2v) is 5.88. The highest BCUT2D eigenvalue weighted by molar-refractivity contribution is 4.83. The lowest BCUT2D eigenvalue weighted by Crippen LogP contribution is -2.43. The van der Waals surface area contributed by atoms with Crippen molar-refractivity contribution < 1.29 is 8.78 Å². The minimum Gasteiger partial charge on any atom is -0.317 e. The van der Waals surface area contributed by atoms with Gasteiger partial charge in [0, 0.05) is 18.9 Å². The molecule has 2 rings (SSSR count). The predicted octanol–water partition coefficient (Wildman–Crippen LogP) is 2.74. The van der Waals surface area contributed by atoms with Crippen LogP contribution in [-0.4, -0.2) is 43.5 Å². The summed E-state index contributed by atoms with van der Waals surface area (Å²) in [5, 5.41) is 3.37. The third-order valence-electron chi connectivity index (χ3n) is 4.63. The van der Waals surface area contributed by atoms with Crippen molar-refractivity contribution in [2.75, 3.05) is 32.7 Å². The molecular formula is C14H26F2N2. The zero-order valence-corrected chi connectivity index (χ0v) is 11.4. The van der Waals surface area contributed by atoms with Gasteiger partial charge >= 0.3 is 0 Å². The lowest BCUT2D eigenvalue weighted by Gasteiger charge is -2.37. The van der Waals surface area contributed by atoms with E-state index in [9.17, 15) is 8.78 Å². The summed E-state index contributed by atoms with van der Waals surface area (Å²) in [5.41, 5.74) is 0. The molecule has 0 spiro atoms. The standard InChI is InChI=1S/C14H26F2N2/c1-2-14(15,16)13-5-9-18(10-6-13)11-12-3-7-17-8-4-12/h12-13,17H,2-11H2,1H3.